The standard InChI is InChI=1S/C26H29BrN2O4S/c1-4-20-7-12-24(13-8-20)33-16-15-28-26(30)22-9-5-21(6-10-22)18-29(34(3,31)32)23-11-14-25(27)19(2)17-23/h5-14,17H,4,15-16,18H2,1-3H3,(H,28,30). The molecule has 0 aliphatic rings. The van der Waals surface area contributed by atoms with Gasteiger partial charge < -0.3 is 10.1 Å². The molecule has 34 heavy (non-hydrogen) atoms. The van der Waals surface area contributed by atoms with Crippen molar-refractivity contribution >= 4 is 37.5 Å². The predicted octanol–water partition coefficient (Wildman–Crippen LogP) is 5.09. The summed E-state index contributed by atoms with van der Waals surface area (Å²) in [6.45, 7) is 4.93. The Hall–Kier alpha value is -2.84. The Morgan fingerprint density at radius 2 is 1.65 bits per heavy atom. The first-order valence-corrected chi connectivity index (χ1v) is 13.6. The number of nitrogens with zero attached hydrogens (tertiary/aromatic N) is 1. The van der Waals surface area contributed by atoms with Crippen LogP contribution in [0.25, 0.3) is 0 Å². The van der Waals surface area contributed by atoms with Crippen LogP contribution in [0.4, 0.5) is 5.69 Å². The zero-order valence-electron chi connectivity index (χ0n) is 19.5. The molecule has 0 aliphatic carbocycles. The van der Waals surface area contributed by atoms with E-state index in [1.807, 2.05) is 43.3 Å². The van der Waals surface area contributed by atoms with Crippen LogP contribution in [-0.2, 0) is 23.0 Å². The highest BCUT2D eigenvalue weighted by atomic mass is 79.9. The summed E-state index contributed by atoms with van der Waals surface area (Å²) in [5, 5.41) is 2.84. The predicted molar refractivity (Wildman–Crippen MR) is 140 cm³/mol. The molecule has 1 N–H and O–H groups in total. The van der Waals surface area contributed by atoms with Gasteiger partial charge in [0.25, 0.3) is 5.91 Å². The van der Waals surface area contributed by atoms with E-state index >= 15 is 0 Å². The summed E-state index contributed by atoms with van der Waals surface area (Å²) in [6, 6.07) is 20.3. The average molecular weight is 545 g/mol. The molecule has 8 heteroatoms. The second-order valence-corrected chi connectivity index (χ2v) is 10.8. The fraction of sp³-hybridized carbons (Fsp3) is 0.269. The maximum Gasteiger partial charge on any atom is 0.251 e. The average Bonchev–Trinajstić information content (AvgIpc) is 2.82. The number of hydrogen-bond acceptors (Lipinski definition) is 4. The molecule has 6 nitrogen and oxygen atoms in total. The number of nitrogens with one attached hydrogen (secondary N) is 1. The molecule has 0 atom stereocenters. The second kappa shape index (κ2) is 11.5. The van der Waals surface area contributed by atoms with Gasteiger partial charge in [0.1, 0.15) is 12.4 Å². The molecule has 0 spiro atoms. The van der Waals surface area contributed by atoms with Crippen LogP contribution in [0, 0.1) is 6.92 Å². The van der Waals surface area contributed by atoms with E-state index in [0.29, 0.717) is 24.4 Å². The summed E-state index contributed by atoms with van der Waals surface area (Å²) in [5.74, 6) is 0.562. The van der Waals surface area contributed by atoms with E-state index < -0.39 is 10.0 Å². The topological polar surface area (TPSA) is 75.7 Å². The summed E-state index contributed by atoms with van der Waals surface area (Å²) in [4.78, 5) is 12.4. The van der Waals surface area contributed by atoms with E-state index in [1.165, 1.54) is 16.1 Å². The van der Waals surface area contributed by atoms with Crippen LogP contribution in [0.2, 0.25) is 0 Å². The zero-order valence-corrected chi connectivity index (χ0v) is 21.9. The highest BCUT2D eigenvalue weighted by Gasteiger charge is 2.19. The molecule has 0 unspecified atom stereocenters. The molecular formula is C26H29BrN2O4S. The lowest BCUT2D eigenvalue weighted by molar-refractivity contribution is 0.0947. The smallest absolute Gasteiger partial charge is 0.251 e. The molecule has 3 aromatic rings. The van der Waals surface area contributed by atoms with E-state index in [2.05, 4.69) is 28.2 Å². The number of amides is 1. The highest BCUT2D eigenvalue weighted by Crippen LogP contribution is 2.26. The highest BCUT2D eigenvalue weighted by molar-refractivity contribution is 9.10. The fourth-order valence-corrected chi connectivity index (χ4v) is 4.49. The lowest BCUT2D eigenvalue weighted by Crippen LogP contribution is -2.29. The number of carbonyl (C=O) groups is 1. The summed E-state index contributed by atoms with van der Waals surface area (Å²) >= 11 is 3.44. The summed E-state index contributed by atoms with van der Waals surface area (Å²) in [7, 11) is -3.49. The van der Waals surface area contributed by atoms with Crippen molar-refractivity contribution < 1.29 is 17.9 Å². The van der Waals surface area contributed by atoms with E-state index in [-0.39, 0.29) is 12.5 Å². The molecular weight excluding hydrogens is 516 g/mol. The molecule has 0 aromatic heterocycles. The number of benzene rings is 3. The Morgan fingerprint density at radius 3 is 2.24 bits per heavy atom. The molecule has 3 rings (SSSR count). The van der Waals surface area contributed by atoms with Gasteiger partial charge in [-0.3, -0.25) is 9.10 Å². The van der Waals surface area contributed by atoms with Crippen molar-refractivity contribution in [3.63, 3.8) is 0 Å². The van der Waals surface area contributed by atoms with Crippen molar-refractivity contribution in [1.82, 2.24) is 5.32 Å². The Labute approximate surface area is 210 Å². The minimum Gasteiger partial charge on any atom is -0.492 e. The van der Waals surface area contributed by atoms with Gasteiger partial charge in [0.2, 0.25) is 10.0 Å². The monoisotopic (exact) mass is 544 g/mol. The van der Waals surface area contributed by atoms with Gasteiger partial charge in [0.05, 0.1) is 25.0 Å². The third-order valence-corrected chi connectivity index (χ3v) is 7.39. The van der Waals surface area contributed by atoms with Gasteiger partial charge in [0, 0.05) is 10.0 Å². The molecule has 0 saturated carbocycles. The Balaban J connectivity index is 1.57. The van der Waals surface area contributed by atoms with Crippen LogP contribution >= 0.6 is 15.9 Å². The minimum atomic E-state index is -3.49. The fourth-order valence-electron chi connectivity index (χ4n) is 3.37. The van der Waals surface area contributed by atoms with Gasteiger partial charge in [-0.25, -0.2) is 8.42 Å². The first kappa shape index (κ1) is 25.8. The second-order valence-electron chi connectivity index (χ2n) is 8.00. The van der Waals surface area contributed by atoms with Crippen molar-refractivity contribution in [3.05, 3.63) is 93.5 Å². The van der Waals surface area contributed by atoms with Crippen molar-refractivity contribution in [2.24, 2.45) is 0 Å². The lowest BCUT2D eigenvalue weighted by Gasteiger charge is -2.23. The van der Waals surface area contributed by atoms with Crippen molar-refractivity contribution in [3.8, 4) is 5.75 Å². The number of aryl methyl sites for hydroxylation is 2. The summed E-state index contributed by atoms with van der Waals surface area (Å²) < 4.78 is 32.8. The van der Waals surface area contributed by atoms with Crippen LogP contribution in [0.15, 0.2) is 71.2 Å². The molecule has 180 valence electrons. The number of sulfonamides is 1. The number of carbonyl (C=O) groups excluding carboxylic acids is 1. The third kappa shape index (κ3) is 7.08. The Morgan fingerprint density at radius 1 is 1.00 bits per heavy atom. The van der Waals surface area contributed by atoms with Gasteiger partial charge in [-0.15, -0.1) is 0 Å². The molecule has 0 saturated heterocycles. The number of hydrogen-bond donors (Lipinski definition) is 1. The van der Waals surface area contributed by atoms with Crippen LogP contribution in [-0.4, -0.2) is 33.7 Å². The molecule has 0 bridgehead atoms. The first-order chi connectivity index (χ1) is 16.2. The van der Waals surface area contributed by atoms with Gasteiger partial charge in [-0.1, -0.05) is 47.1 Å². The SMILES string of the molecule is CCc1ccc(OCCNC(=O)c2ccc(CN(c3ccc(Br)c(C)c3)S(C)(=O)=O)cc2)cc1. The third-order valence-electron chi connectivity index (χ3n) is 5.36. The molecule has 3 aromatic carbocycles. The van der Waals surface area contributed by atoms with Gasteiger partial charge in [-0.05, 0) is 72.5 Å². The van der Waals surface area contributed by atoms with Crippen LogP contribution in [0.1, 0.15) is 34.0 Å². The molecule has 1 amide bonds. The van der Waals surface area contributed by atoms with Crippen molar-refractivity contribution in [1.29, 1.82) is 0 Å². The summed E-state index contributed by atoms with van der Waals surface area (Å²) in [5.41, 5.74) is 4.06. The van der Waals surface area contributed by atoms with Crippen LogP contribution < -0.4 is 14.4 Å². The van der Waals surface area contributed by atoms with E-state index in [0.717, 1.165) is 27.8 Å². The van der Waals surface area contributed by atoms with Crippen LogP contribution in [0.3, 0.4) is 0 Å². The van der Waals surface area contributed by atoms with Gasteiger partial charge >= 0.3 is 0 Å². The maximum atomic E-state index is 12.4. The largest absolute Gasteiger partial charge is 0.492 e. The molecule has 0 heterocycles. The number of anilines is 1. The molecule has 0 aliphatic heterocycles. The van der Waals surface area contributed by atoms with E-state index in [9.17, 15) is 13.2 Å². The molecule has 0 fully saturated rings. The number of ether oxygens (including phenoxy) is 1. The van der Waals surface area contributed by atoms with Gasteiger partial charge in [0.15, 0.2) is 0 Å². The minimum absolute atomic E-state index is 0.173. The zero-order chi connectivity index (χ0) is 24.7. The van der Waals surface area contributed by atoms with Gasteiger partial charge in [-0.2, -0.15) is 0 Å². The van der Waals surface area contributed by atoms with E-state index in [4.69, 9.17) is 4.74 Å². The first-order valence-electron chi connectivity index (χ1n) is 11.0. The maximum absolute atomic E-state index is 12.4. The quantitative estimate of drug-likeness (QED) is 0.360. The number of halogens is 1. The lowest BCUT2D eigenvalue weighted by atomic mass is 10.1. The number of rotatable bonds is 10. The Bertz CT molecular complexity index is 1230. The van der Waals surface area contributed by atoms with Crippen molar-refractivity contribution in [2.45, 2.75) is 26.8 Å². The van der Waals surface area contributed by atoms with E-state index in [1.54, 1.807) is 30.3 Å². The normalized spacial score (nSPS) is 11.2. The molecule has 0 radical (unpaired) electrons. The van der Waals surface area contributed by atoms with Crippen LogP contribution in [0.5, 0.6) is 5.75 Å². The Kier molecular flexibility index (Phi) is 8.74. The van der Waals surface area contributed by atoms with Crippen molar-refractivity contribution in [2.75, 3.05) is 23.7 Å². The summed E-state index contributed by atoms with van der Waals surface area (Å²) in [6.07, 6.45) is 2.16.